The minimum Gasteiger partial charge on any atom is -0.449 e. The molecule has 0 unspecified atom stereocenters. The second-order valence-electron chi connectivity index (χ2n) is 5.05. The number of carbonyl (C=O) groups excluding carboxylic acids is 2. The van der Waals surface area contributed by atoms with Crippen LogP contribution in [0.15, 0.2) is 48.5 Å². The summed E-state index contributed by atoms with van der Waals surface area (Å²) in [6.45, 7) is 1.41. The third-order valence-electron chi connectivity index (χ3n) is 3.15. The first-order valence-corrected chi connectivity index (χ1v) is 8.01. The highest BCUT2D eigenvalue weighted by molar-refractivity contribution is 6.35. The van der Waals surface area contributed by atoms with Crippen molar-refractivity contribution in [2.24, 2.45) is 0 Å². The summed E-state index contributed by atoms with van der Waals surface area (Å²) in [6, 6.07) is 10.6. The van der Waals surface area contributed by atoms with Gasteiger partial charge in [0.1, 0.15) is 5.82 Å². The number of esters is 1. The van der Waals surface area contributed by atoms with Gasteiger partial charge in [-0.15, -0.1) is 0 Å². The summed E-state index contributed by atoms with van der Waals surface area (Å²) in [5.41, 5.74) is 0.547. The topological polar surface area (TPSA) is 55.4 Å². The molecule has 25 heavy (non-hydrogen) atoms. The Morgan fingerprint density at radius 2 is 1.92 bits per heavy atom. The van der Waals surface area contributed by atoms with Gasteiger partial charge in [-0.25, -0.2) is 9.18 Å². The van der Waals surface area contributed by atoms with Crippen LogP contribution in [0.4, 0.5) is 10.1 Å². The van der Waals surface area contributed by atoms with Crippen LogP contribution in [0.2, 0.25) is 10.0 Å². The van der Waals surface area contributed by atoms with Crippen molar-refractivity contribution in [1.29, 1.82) is 0 Å². The van der Waals surface area contributed by atoms with E-state index in [4.69, 9.17) is 27.9 Å². The molecule has 0 bridgehead atoms. The minimum atomic E-state index is -1.08. The molecule has 0 aliphatic rings. The fraction of sp³-hybridized carbons (Fsp3) is 0.111. The zero-order valence-electron chi connectivity index (χ0n) is 13.1. The number of rotatable bonds is 5. The maximum Gasteiger partial charge on any atom is 0.331 e. The van der Waals surface area contributed by atoms with E-state index >= 15 is 0 Å². The standard InChI is InChI=1S/C18H14Cl2FNO3/c1-11(18(24)22-16-10-13(19)7-8-14(16)20)25-17(23)9-6-12-4-2-3-5-15(12)21/h2-11H,1H3,(H,22,24)/b9-6+/t11-/m1/s1. The van der Waals surface area contributed by atoms with E-state index in [1.165, 1.54) is 37.3 Å². The molecule has 0 fully saturated rings. The third-order valence-corrected chi connectivity index (χ3v) is 3.72. The molecule has 0 saturated heterocycles. The third kappa shape index (κ3) is 5.59. The molecule has 0 radical (unpaired) electrons. The average molecular weight is 382 g/mol. The van der Waals surface area contributed by atoms with E-state index in [1.54, 1.807) is 18.2 Å². The maximum atomic E-state index is 13.5. The maximum absolute atomic E-state index is 13.5. The minimum absolute atomic E-state index is 0.238. The van der Waals surface area contributed by atoms with Crippen molar-refractivity contribution in [2.45, 2.75) is 13.0 Å². The van der Waals surface area contributed by atoms with Crippen LogP contribution in [0.1, 0.15) is 12.5 Å². The van der Waals surface area contributed by atoms with Crippen LogP contribution < -0.4 is 5.32 Å². The lowest BCUT2D eigenvalue weighted by Gasteiger charge is -2.13. The van der Waals surface area contributed by atoms with Crippen LogP contribution in [0.5, 0.6) is 0 Å². The van der Waals surface area contributed by atoms with Crippen LogP contribution in [0.3, 0.4) is 0 Å². The fourth-order valence-electron chi connectivity index (χ4n) is 1.86. The average Bonchev–Trinajstić information content (AvgIpc) is 2.57. The summed E-state index contributed by atoms with van der Waals surface area (Å²) in [4.78, 5) is 23.8. The number of hydrogen-bond acceptors (Lipinski definition) is 3. The van der Waals surface area contributed by atoms with E-state index in [2.05, 4.69) is 5.32 Å². The van der Waals surface area contributed by atoms with E-state index in [9.17, 15) is 14.0 Å². The monoisotopic (exact) mass is 381 g/mol. The second kappa shape index (κ2) is 8.65. The predicted octanol–water partition coefficient (Wildman–Crippen LogP) is 4.72. The van der Waals surface area contributed by atoms with Gasteiger partial charge in [-0.1, -0.05) is 41.4 Å². The van der Waals surface area contributed by atoms with Gasteiger partial charge in [0.25, 0.3) is 5.91 Å². The molecular formula is C18H14Cl2FNO3. The zero-order chi connectivity index (χ0) is 18.4. The Morgan fingerprint density at radius 3 is 2.64 bits per heavy atom. The molecular weight excluding hydrogens is 368 g/mol. The van der Waals surface area contributed by atoms with Crippen molar-refractivity contribution in [2.75, 3.05) is 5.32 Å². The Labute approximate surface area is 154 Å². The Morgan fingerprint density at radius 1 is 1.20 bits per heavy atom. The summed E-state index contributed by atoms with van der Waals surface area (Å²) >= 11 is 11.8. The molecule has 130 valence electrons. The van der Waals surface area contributed by atoms with Crippen molar-refractivity contribution < 1.29 is 18.7 Å². The number of nitrogens with one attached hydrogen (secondary N) is 1. The largest absolute Gasteiger partial charge is 0.449 e. The van der Waals surface area contributed by atoms with Crippen LogP contribution >= 0.6 is 23.2 Å². The number of anilines is 1. The summed E-state index contributed by atoms with van der Waals surface area (Å²) < 4.78 is 18.4. The van der Waals surface area contributed by atoms with Crippen molar-refractivity contribution >= 4 is 46.8 Å². The normalized spacial score (nSPS) is 12.0. The van der Waals surface area contributed by atoms with Crippen LogP contribution in [-0.4, -0.2) is 18.0 Å². The van der Waals surface area contributed by atoms with E-state index in [0.717, 1.165) is 6.08 Å². The lowest BCUT2D eigenvalue weighted by Crippen LogP contribution is -2.29. The second-order valence-corrected chi connectivity index (χ2v) is 5.89. The van der Waals surface area contributed by atoms with Crippen LogP contribution in [-0.2, 0) is 14.3 Å². The lowest BCUT2D eigenvalue weighted by molar-refractivity contribution is -0.148. The summed E-state index contributed by atoms with van der Waals surface area (Å²) in [6.07, 6.45) is 1.25. The van der Waals surface area contributed by atoms with Crippen molar-refractivity contribution in [1.82, 2.24) is 0 Å². The Hall–Kier alpha value is -2.37. The molecule has 1 atom stereocenters. The quantitative estimate of drug-likeness (QED) is 0.602. The SMILES string of the molecule is C[C@@H](OC(=O)/C=C/c1ccccc1F)C(=O)Nc1cc(Cl)ccc1Cl. The van der Waals surface area contributed by atoms with E-state index in [-0.39, 0.29) is 5.56 Å². The summed E-state index contributed by atoms with van der Waals surface area (Å²) in [7, 11) is 0. The van der Waals surface area contributed by atoms with Gasteiger partial charge in [0.15, 0.2) is 6.10 Å². The van der Waals surface area contributed by atoms with E-state index < -0.39 is 23.8 Å². The lowest BCUT2D eigenvalue weighted by atomic mass is 10.2. The number of ether oxygens (including phenoxy) is 1. The fourth-order valence-corrected chi connectivity index (χ4v) is 2.20. The molecule has 7 heteroatoms. The molecule has 0 spiro atoms. The van der Waals surface area contributed by atoms with Crippen molar-refractivity contribution in [3.63, 3.8) is 0 Å². The van der Waals surface area contributed by atoms with Gasteiger partial charge in [0, 0.05) is 16.7 Å². The molecule has 2 rings (SSSR count). The molecule has 0 aliphatic heterocycles. The molecule has 1 N–H and O–H groups in total. The Balaban J connectivity index is 1.95. The molecule has 1 amide bonds. The highest BCUT2D eigenvalue weighted by Gasteiger charge is 2.18. The summed E-state index contributed by atoms with van der Waals surface area (Å²) in [5, 5.41) is 3.22. The Bertz CT molecular complexity index is 824. The highest BCUT2D eigenvalue weighted by atomic mass is 35.5. The van der Waals surface area contributed by atoms with Gasteiger partial charge in [-0.3, -0.25) is 4.79 Å². The first-order valence-electron chi connectivity index (χ1n) is 7.26. The van der Waals surface area contributed by atoms with Crippen molar-refractivity contribution in [3.8, 4) is 0 Å². The van der Waals surface area contributed by atoms with Gasteiger partial charge in [0.05, 0.1) is 10.7 Å². The van der Waals surface area contributed by atoms with Gasteiger partial charge in [0.2, 0.25) is 0 Å². The number of halogens is 3. The number of carbonyl (C=O) groups is 2. The van der Waals surface area contributed by atoms with Gasteiger partial charge >= 0.3 is 5.97 Å². The molecule has 0 heterocycles. The zero-order valence-corrected chi connectivity index (χ0v) is 14.6. The Kier molecular flexibility index (Phi) is 6.56. The molecule has 0 saturated carbocycles. The molecule has 2 aromatic rings. The first-order chi connectivity index (χ1) is 11.9. The van der Waals surface area contributed by atoms with Gasteiger partial charge in [-0.2, -0.15) is 0 Å². The molecule has 4 nitrogen and oxygen atoms in total. The highest BCUT2D eigenvalue weighted by Crippen LogP contribution is 2.25. The summed E-state index contributed by atoms with van der Waals surface area (Å²) in [5.74, 6) is -1.81. The van der Waals surface area contributed by atoms with Crippen LogP contribution in [0.25, 0.3) is 6.08 Å². The van der Waals surface area contributed by atoms with Gasteiger partial charge in [-0.05, 0) is 37.3 Å². The molecule has 2 aromatic carbocycles. The van der Waals surface area contributed by atoms with E-state index in [0.29, 0.717) is 15.7 Å². The number of amides is 1. The molecule has 0 aliphatic carbocycles. The molecule has 0 aromatic heterocycles. The number of benzene rings is 2. The van der Waals surface area contributed by atoms with Gasteiger partial charge < -0.3 is 10.1 Å². The number of hydrogen-bond donors (Lipinski definition) is 1. The predicted molar refractivity (Wildman–Crippen MR) is 96.1 cm³/mol. The van der Waals surface area contributed by atoms with Crippen LogP contribution in [0, 0.1) is 5.82 Å². The van der Waals surface area contributed by atoms with Crippen molar-refractivity contribution in [3.05, 3.63) is 70.0 Å². The first kappa shape index (κ1) is 19.0. The van der Waals surface area contributed by atoms with E-state index in [1.807, 2.05) is 0 Å². The smallest absolute Gasteiger partial charge is 0.331 e.